The molecular formula is C16H28IN5O3. The predicted molar refractivity (Wildman–Crippen MR) is 106 cm³/mol. The molecule has 25 heavy (non-hydrogen) atoms. The van der Waals surface area contributed by atoms with Crippen molar-refractivity contribution in [1.29, 1.82) is 0 Å². The second-order valence-electron chi connectivity index (χ2n) is 6.74. The second kappa shape index (κ2) is 9.83. The Morgan fingerprint density at radius 2 is 2.28 bits per heavy atom. The minimum Gasteiger partial charge on any atom is -0.444 e. The van der Waals surface area contributed by atoms with E-state index in [0.29, 0.717) is 13.1 Å². The molecule has 0 aromatic carbocycles. The van der Waals surface area contributed by atoms with Crippen molar-refractivity contribution in [3.63, 3.8) is 0 Å². The molecular weight excluding hydrogens is 437 g/mol. The van der Waals surface area contributed by atoms with Crippen LogP contribution in [0.3, 0.4) is 0 Å². The van der Waals surface area contributed by atoms with E-state index in [1.807, 2.05) is 27.7 Å². The van der Waals surface area contributed by atoms with Gasteiger partial charge in [-0.3, -0.25) is 0 Å². The Morgan fingerprint density at radius 1 is 1.52 bits per heavy atom. The summed E-state index contributed by atoms with van der Waals surface area (Å²) in [5.41, 5.74) is 0.295. The van der Waals surface area contributed by atoms with Gasteiger partial charge in [0.2, 0.25) is 0 Å². The summed E-state index contributed by atoms with van der Waals surface area (Å²) in [5, 5.41) is 10.1. The van der Waals surface area contributed by atoms with E-state index in [0.717, 1.165) is 31.2 Å². The van der Waals surface area contributed by atoms with Crippen molar-refractivity contribution in [2.24, 2.45) is 4.99 Å². The third-order valence-electron chi connectivity index (χ3n) is 3.43. The van der Waals surface area contributed by atoms with Gasteiger partial charge in [0.1, 0.15) is 17.6 Å². The number of likely N-dealkylation sites (tertiary alicyclic amines) is 1. The Bertz CT molecular complexity index is 557. The average Bonchev–Trinajstić information content (AvgIpc) is 3.12. The van der Waals surface area contributed by atoms with E-state index in [-0.39, 0.29) is 36.1 Å². The largest absolute Gasteiger partial charge is 0.444 e. The lowest BCUT2D eigenvalue weighted by Crippen LogP contribution is -2.44. The molecule has 1 aliphatic heterocycles. The molecule has 1 atom stereocenters. The molecule has 1 aliphatic rings. The SMILES string of the molecule is CCNC(=NCc1ccon1)N1CCC(NC(=O)OC(C)(C)C)C1.I. The molecule has 142 valence electrons. The third kappa shape index (κ3) is 7.49. The van der Waals surface area contributed by atoms with Gasteiger partial charge in [0.25, 0.3) is 0 Å². The Hall–Kier alpha value is -1.52. The van der Waals surface area contributed by atoms with Gasteiger partial charge in [-0.1, -0.05) is 5.16 Å². The van der Waals surface area contributed by atoms with Crippen molar-refractivity contribution in [2.45, 2.75) is 52.3 Å². The van der Waals surface area contributed by atoms with Crippen LogP contribution in [0, 0.1) is 0 Å². The van der Waals surface area contributed by atoms with Crippen molar-refractivity contribution >= 4 is 36.0 Å². The van der Waals surface area contributed by atoms with Crippen LogP contribution in [0.2, 0.25) is 0 Å². The fourth-order valence-corrected chi connectivity index (χ4v) is 2.45. The maximum absolute atomic E-state index is 11.9. The quantitative estimate of drug-likeness (QED) is 0.403. The first kappa shape index (κ1) is 21.5. The van der Waals surface area contributed by atoms with E-state index in [1.54, 1.807) is 6.07 Å². The first-order valence-electron chi connectivity index (χ1n) is 8.29. The molecule has 0 radical (unpaired) electrons. The van der Waals surface area contributed by atoms with Gasteiger partial charge in [-0.2, -0.15) is 0 Å². The third-order valence-corrected chi connectivity index (χ3v) is 3.43. The highest BCUT2D eigenvalue weighted by molar-refractivity contribution is 14.0. The molecule has 0 saturated carbocycles. The predicted octanol–water partition coefficient (Wildman–Crippen LogP) is 2.36. The monoisotopic (exact) mass is 465 g/mol. The van der Waals surface area contributed by atoms with Crippen LogP contribution in [0.1, 0.15) is 39.8 Å². The summed E-state index contributed by atoms with van der Waals surface area (Å²) in [4.78, 5) is 18.6. The van der Waals surface area contributed by atoms with Crippen molar-refractivity contribution in [2.75, 3.05) is 19.6 Å². The van der Waals surface area contributed by atoms with Gasteiger partial charge >= 0.3 is 6.09 Å². The minimum atomic E-state index is -0.490. The smallest absolute Gasteiger partial charge is 0.407 e. The van der Waals surface area contributed by atoms with Gasteiger partial charge in [-0.15, -0.1) is 24.0 Å². The van der Waals surface area contributed by atoms with E-state index in [4.69, 9.17) is 9.26 Å². The Kier molecular flexibility index (Phi) is 8.46. The highest BCUT2D eigenvalue weighted by Gasteiger charge is 2.27. The summed E-state index contributed by atoms with van der Waals surface area (Å²) in [7, 11) is 0. The highest BCUT2D eigenvalue weighted by atomic mass is 127. The lowest BCUT2D eigenvalue weighted by molar-refractivity contribution is 0.0507. The summed E-state index contributed by atoms with van der Waals surface area (Å²) in [5.74, 6) is 0.814. The molecule has 2 heterocycles. The molecule has 0 spiro atoms. The Labute approximate surface area is 165 Å². The first-order valence-corrected chi connectivity index (χ1v) is 8.29. The van der Waals surface area contributed by atoms with Crippen molar-refractivity contribution < 1.29 is 14.1 Å². The molecule has 1 unspecified atom stereocenters. The summed E-state index contributed by atoms with van der Waals surface area (Å²) in [6, 6.07) is 1.85. The standard InChI is InChI=1S/C16H27N5O3.HI/c1-5-17-14(18-10-12-7-9-23-20-12)21-8-6-13(11-21)19-15(22)24-16(2,3)4;/h7,9,13H,5-6,8,10-11H2,1-4H3,(H,17,18)(H,19,22);1H. The molecule has 9 heteroatoms. The van der Waals surface area contributed by atoms with E-state index < -0.39 is 5.60 Å². The number of alkyl carbamates (subject to hydrolysis) is 1. The van der Waals surface area contributed by atoms with Gasteiger partial charge in [-0.05, 0) is 34.1 Å². The number of halogens is 1. The number of aliphatic imine (C=N–C) groups is 1. The van der Waals surface area contributed by atoms with Gasteiger partial charge in [-0.25, -0.2) is 9.79 Å². The number of hydrogen-bond donors (Lipinski definition) is 2. The maximum atomic E-state index is 11.9. The van der Waals surface area contributed by atoms with Crippen LogP contribution in [0.5, 0.6) is 0 Å². The number of hydrogen-bond acceptors (Lipinski definition) is 5. The van der Waals surface area contributed by atoms with Crippen molar-refractivity contribution in [3.8, 4) is 0 Å². The number of amides is 1. The number of ether oxygens (including phenoxy) is 1. The number of carbonyl (C=O) groups is 1. The molecule has 2 rings (SSSR count). The van der Waals surface area contributed by atoms with E-state index in [1.165, 1.54) is 6.26 Å². The molecule has 2 N–H and O–H groups in total. The molecule has 0 aliphatic carbocycles. The van der Waals surface area contributed by atoms with Gasteiger partial charge < -0.3 is 24.8 Å². The summed E-state index contributed by atoms with van der Waals surface area (Å²) in [6.07, 6.45) is 2.01. The van der Waals surface area contributed by atoms with Crippen molar-refractivity contribution in [1.82, 2.24) is 20.7 Å². The number of nitrogens with zero attached hydrogens (tertiary/aromatic N) is 3. The number of aromatic nitrogens is 1. The highest BCUT2D eigenvalue weighted by Crippen LogP contribution is 2.12. The molecule has 1 fully saturated rings. The Morgan fingerprint density at radius 3 is 2.88 bits per heavy atom. The molecule has 1 aromatic heterocycles. The topological polar surface area (TPSA) is 92.0 Å². The zero-order chi connectivity index (χ0) is 17.6. The van der Waals surface area contributed by atoms with Crippen LogP contribution in [-0.2, 0) is 11.3 Å². The zero-order valence-electron chi connectivity index (χ0n) is 15.2. The minimum absolute atomic E-state index is 0. The number of carbonyl (C=O) groups excluding carboxylic acids is 1. The number of guanidine groups is 1. The molecule has 8 nitrogen and oxygen atoms in total. The van der Waals surface area contributed by atoms with Crippen LogP contribution in [0.25, 0.3) is 0 Å². The van der Waals surface area contributed by atoms with Crippen molar-refractivity contribution in [3.05, 3.63) is 18.0 Å². The zero-order valence-corrected chi connectivity index (χ0v) is 17.6. The fourth-order valence-electron chi connectivity index (χ4n) is 2.45. The van der Waals surface area contributed by atoms with Gasteiger partial charge in [0.05, 0.1) is 12.6 Å². The van der Waals surface area contributed by atoms with Crippen LogP contribution < -0.4 is 10.6 Å². The lowest BCUT2D eigenvalue weighted by atomic mass is 10.2. The van der Waals surface area contributed by atoms with E-state index in [2.05, 4.69) is 25.7 Å². The molecule has 1 amide bonds. The van der Waals surface area contributed by atoms with Crippen LogP contribution >= 0.6 is 24.0 Å². The number of rotatable bonds is 4. The normalized spacial score (nSPS) is 17.8. The van der Waals surface area contributed by atoms with Crippen LogP contribution in [0.4, 0.5) is 4.79 Å². The number of nitrogens with one attached hydrogen (secondary N) is 2. The molecule has 1 saturated heterocycles. The summed E-state index contributed by atoms with van der Waals surface area (Å²) >= 11 is 0. The van der Waals surface area contributed by atoms with Crippen LogP contribution in [0.15, 0.2) is 21.8 Å². The maximum Gasteiger partial charge on any atom is 0.407 e. The second-order valence-corrected chi connectivity index (χ2v) is 6.74. The molecule has 1 aromatic rings. The fraction of sp³-hybridized carbons (Fsp3) is 0.688. The van der Waals surface area contributed by atoms with Gasteiger partial charge in [0, 0.05) is 25.7 Å². The van der Waals surface area contributed by atoms with Gasteiger partial charge in [0.15, 0.2) is 5.96 Å². The van der Waals surface area contributed by atoms with Crippen LogP contribution in [-0.4, -0.2) is 53.4 Å². The summed E-state index contributed by atoms with van der Waals surface area (Å²) < 4.78 is 10.1. The first-order chi connectivity index (χ1) is 11.4. The van der Waals surface area contributed by atoms with E-state index in [9.17, 15) is 4.79 Å². The average molecular weight is 465 g/mol. The Balaban J connectivity index is 0.00000312. The summed E-state index contributed by atoms with van der Waals surface area (Å²) in [6.45, 7) is 10.3. The lowest BCUT2D eigenvalue weighted by Gasteiger charge is -2.23. The van der Waals surface area contributed by atoms with E-state index >= 15 is 0 Å². The molecule has 0 bridgehead atoms.